The van der Waals surface area contributed by atoms with Gasteiger partial charge in [0.15, 0.2) is 0 Å². The fourth-order valence-corrected chi connectivity index (χ4v) is 2.40. The molecule has 3 rings (SSSR count). The molecule has 2 aliphatic rings. The van der Waals surface area contributed by atoms with Crippen LogP contribution < -0.4 is 10.7 Å². The highest BCUT2D eigenvalue weighted by Gasteiger charge is 2.13. The lowest BCUT2D eigenvalue weighted by Crippen LogP contribution is -2.26. The van der Waals surface area contributed by atoms with Crippen LogP contribution in [0.2, 0.25) is 0 Å². The predicted octanol–water partition coefficient (Wildman–Crippen LogP) is 1.11. The van der Waals surface area contributed by atoms with Crippen molar-refractivity contribution in [2.75, 3.05) is 7.11 Å². The molecule has 22 heavy (non-hydrogen) atoms. The molecule has 5 nitrogen and oxygen atoms in total. The molecule has 0 saturated carbocycles. The summed E-state index contributed by atoms with van der Waals surface area (Å²) < 4.78 is 5.41. The Morgan fingerprint density at radius 2 is 2.23 bits per heavy atom. The predicted molar refractivity (Wildman–Crippen MR) is 83.9 cm³/mol. The van der Waals surface area contributed by atoms with Crippen LogP contribution in [0.1, 0.15) is 12.2 Å². The third kappa shape index (κ3) is 2.65. The first-order chi connectivity index (χ1) is 10.7. The molecular weight excluding hydrogens is 280 g/mol. The Morgan fingerprint density at radius 3 is 3.00 bits per heavy atom. The molecule has 2 aliphatic carbocycles. The third-order valence-corrected chi connectivity index (χ3v) is 3.58. The van der Waals surface area contributed by atoms with Crippen LogP contribution in [0.3, 0.4) is 0 Å². The fraction of sp³-hybridized carbons (Fsp3) is 0.176. The van der Waals surface area contributed by atoms with Crippen LogP contribution in [0.4, 0.5) is 0 Å². The zero-order chi connectivity index (χ0) is 15.5. The minimum Gasteiger partial charge on any atom is -0.498 e. The SMILES string of the molecule is COC1=c2nc(C3=CC=CC(C(=O)O)C=C3)[nH]c2=CC=CC1. The molecular formula is C17H16N2O3. The zero-order valence-electron chi connectivity index (χ0n) is 12.1. The van der Waals surface area contributed by atoms with Gasteiger partial charge in [0.1, 0.15) is 16.9 Å². The maximum Gasteiger partial charge on any atom is 0.314 e. The number of hydrogen-bond donors (Lipinski definition) is 2. The number of carbonyl (C=O) groups is 1. The lowest BCUT2D eigenvalue weighted by atomic mass is 10.1. The lowest BCUT2D eigenvalue weighted by molar-refractivity contribution is -0.138. The minimum absolute atomic E-state index is 0.614. The number of hydrogen-bond acceptors (Lipinski definition) is 3. The van der Waals surface area contributed by atoms with E-state index in [0.717, 1.165) is 22.0 Å². The van der Waals surface area contributed by atoms with Crippen molar-refractivity contribution in [2.45, 2.75) is 6.42 Å². The van der Waals surface area contributed by atoms with Crippen molar-refractivity contribution >= 4 is 23.4 Å². The molecule has 1 atom stereocenters. The fourth-order valence-electron chi connectivity index (χ4n) is 2.40. The number of fused-ring (bicyclic) bond motifs is 1. The van der Waals surface area contributed by atoms with Crippen molar-refractivity contribution in [1.29, 1.82) is 0 Å². The first kappa shape index (κ1) is 14.1. The van der Waals surface area contributed by atoms with Crippen LogP contribution in [-0.4, -0.2) is 28.2 Å². The number of carboxylic acid groups (broad SMARTS) is 1. The van der Waals surface area contributed by atoms with Crippen molar-refractivity contribution < 1.29 is 14.6 Å². The standard InChI is InChI=1S/C17H16N2O3/c1-22-14-8-3-2-7-13-15(14)19-16(18-13)11-5-4-6-12(10-9-11)17(20)21/h2-7,9-10,12H,8H2,1H3,(H,18,19)(H,20,21). The largest absolute Gasteiger partial charge is 0.498 e. The molecule has 0 amide bonds. The normalized spacial score (nSPS) is 19.8. The topological polar surface area (TPSA) is 75.2 Å². The molecule has 0 saturated heterocycles. The summed E-state index contributed by atoms with van der Waals surface area (Å²) in [5.74, 6) is 0.0145. The number of ether oxygens (including phenoxy) is 1. The van der Waals surface area contributed by atoms with Gasteiger partial charge in [-0.1, -0.05) is 42.5 Å². The molecule has 0 spiro atoms. The van der Waals surface area contributed by atoms with Gasteiger partial charge in [-0.05, 0) is 6.08 Å². The van der Waals surface area contributed by atoms with E-state index in [2.05, 4.69) is 9.97 Å². The van der Waals surface area contributed by atoms with E-state index in [1.807, 2.05) is 24.3 Å². The summed E-state index contributed by atoms with van der Waals surface area (Å²) in [5, 5.41) is 10.7. The average Bonchev–Trinajstić information content (AvgIpc) is 2.69. The number of methoxy groups -OCH3 is 1. The highest BCUT2D eigenvalue weighted by atomic mass is 16.5. The Hall–Kier alpha value is -2.82. The molecule has 0 bridgehead atoms. The van der Waals surface area contributed by atoms with Crippen LogP contribution in [0, 0.1) is 5.92 Å². The molecule has 0 aromatic carbocycles. The van der Waals surface area contributed by atoms with Gasteiger partial charge in [0, 0.05) is 12.0 Å². The van der Waals surface area contributed by atoms with E-state index in [1.54, 1.807) is 31.4 Å². The quantitative estimate of drug-likeness (QED) is 0.876. The van der Waals surface area contributed by atoms with E-state index in [0.29, 0.717) is 12.2 Å². The molecule has 1 heterocycles. The van der Waals surface area contributed by atoms with Crippen molar-refractivity contribution in [2.24, 2.45) is 5.92 Å². The number of H-pyrrole nitrogens is 1. The number of aliphatic carboxylic acids is 1. The summed E-state index contributed by atoms with van der Waals surface area (Å²) >= 11 is 0. The van der Waals surface area contributed by atoms with Crippen molar-refractivity contribution in [3.63, 3.8) is 0 Å². The summed E-state index contributed by atoms with van der Waals surface area (Å²) in [5.41, 5.74) is 0.834. The first-order valence-corrected chi connectivity index (χ1v) is 6.99. The van der Waals surface area contributed by atoms with E-state index in [9.17, 15) is 4.79 Å². The molecule has 2 N–H and O–H groups in total. The Labute approximate surface area is 127 Å². The van der Waals surface area contributed by atoms with Crippen molar-refractivity contribution in [3.05, 3.63) is 59.1 Å². The van der Waals surface area contributed by atoms with Crippen LogP contribution in [0.5, 0.6) is 0 Å². The Balaban J connectivity index is 2.05. The van der Waals surface area contributed by atoms with Gasteiger partial charge in [-0.15, -0.1) is 0 Å². The van der Waals surface area contributed by atoms with E-state index < -0.39 is 11.9 Å². The molecule has 112 valence electrons. The first-order valence-electron chi connectivity index (χ1n) is 6.99. The maximum atomic E-state index is 11.0. The van der Waals surface area contributed by atoms with Gasteiger partial charge in [0.05, 0.1) is 18.4 Å². The number of imidazole rings is 1. The highest BCUT2D eigenvalue weighted by molar-refractivity contribution is 5.79. The van der Waals surface area contributed by atoms with Gasteiger partial charge in [0.25, 0.3) is 0 Å². The number of allylic oxidation sites excluding steroid dienone is 5. The van der Waals surface area contributed by atoms with Crippen LogP contribution >= 0.6 is 0 Å². The Kier molecular flexibility index (Phi) is 3.78. The summed E-state index contributed by atoms with van der Waals surface area (Å²) in [7, 11) is 1.64. The summed E-state index contributed by atoms with van der Waals surface area (Å²) in [6, 6.07) is 0. The number of aromatic amines is 1. The highest BCUT2D eigenvalue weighted by Crippen LogP contribution is 2.16. The van der Waals surface area contributed by atoms with E-state index in [4.69, 9.17) is 9.84 Å². The molecule has 1 aromatic rings. The lowest BCUT2D eigenvalue weighted by Gasteiger charge is -1.99. The monoisotopic (exact) mass is 296 g/mol. The third-order valence-electron chi connectivity index (χ3n) is 3.58. The van der Waals surface area contributed by atoms with E-state index in [-0.39, 0.29) is 0 Å². The van der Waals surface area contributed by atoms with Crippen molar-refractivity contribution in [3.8, 4) is 0 Å². The molecule has 1 unspecified atom stereocenters. The number of aromatic nitrogens is 2. The van der Waals surface area contributed by atoms with Gasteiger partial charge in [-0.3, -0.25) is 4.79 Å². The Bertz CT molecular complexity index is 838. The number of nitrogens with one attached hydrogen (secondary N) is 1. The van der Waals surface area contributed by atoms with Gasteiger partial charge >= 0.3 is 5.97 Å². The van der Waals surface area contributed by atoms with Gasteiger partial charge < -0.3 is 14.8 Å². The van der Waals surface area contributed by atoms with Crippen LogP contribution in [0.25, 0.3) is 17.4 Å². The number of carboxylic acids is 1. The molecule has 1 aromatic heterocycles. The molecule has 0 radical (unpaired) electrons. The molecule has 5 heteroatoms. The Morgan fingerprint density at radius 1 is 1.36 bits per heavy atom. The van der Waals surface area contributed by atoms with Gasteiger partial charge in [0.2, 0.25) is 0 Å². The smallest absolute Gasteiger partial charge is 0.314 e. The molecule has 0 fully saturated rings. The number of rotatable bonds is 3. The van der Waals surface area contributed by atoms with Crippen LogP contribution in [0.15, 0.2) is 42.5 Å². The summed E-state index contributed by atoms with van der Waals surface area (Å²) in [4.78, 5) is 18.9. The van der Waals surface area contributed by atoms with E-state index in [1.165, 1.54) is 0 Å². The van der Waals surface area contributed by atoms with E-state index >= 15 is 0 Å². The second-order valence-corrected chi connectivity index (χ2v) is 5.00. The van der Waals surface area contributed by atoms with Crippen molar-refractivity contribution in [1.82, 2.24) is 9.97 Å². The van der Waals surface area contributed by atoms with Gasteiger partial charge in [-0.2, -0.15) is 0 Å². The molecule has 0 aliphatic heterocycles. The average molecular weight is 296 g/mol. The summed E-state index contributed by atoms with van der Waals surface area (Å²) in [6.45, 7) is 0. The van der Waals surface area contributed by atoms with Gasteiger partial charge in [-0.25, -0.2) is 4.98 Å². The number of nitrogens with zero attached hydrogens (tertiary/aromatic N) is 1. The zero-order valence-corrected chi connectivity index (χ0v) is 12.1. The summed E-state index contributed by atoms with van der Waals surface area (Å²) in [6.07, 6.45) is 15.3. The second kappa shape index (κ2) is 5.89. The maximum absolute atomic E-state index is 11.0. The second-order valence-electron chi connectivity index (χ2n) is 5.00. The minimum atomic E-state index is -0.870. The van der Waals surface area contributed by atoms with Crippen LogP contribution in [-0.2, 0) is 9.53 Å².